The Labute approximate surface area is 177 Å². The van der Waals surface area contributed by atoms with E-state index in [9.17, 15) is 8.42 Å². The first-order valence-corrected chi connectivity index (χ1v) is 11.9. The number of rotatable bonds is 9. The molecular weight excluding hydrogens is 415 g/mol. The molecule has 1 heterocycles. The average molecular weight is 441 g/mol. The van der Waals surface area contributed by atoms with E-state index in [-0.39, 0.29) is 4.90 Å². The van der Waals surface area contributed by atoms with Crippen LogP contribution in [0.1, 0.15) is 36.8 Å². The molecule has 2 aromatic carbocycles. The lowest BCUT2D eigenvalue weighted by atomic mass is 10.00. The van der Waals surface area contributed by atoms with Crippen LogP contribution in [0.4, 0.5) is 0 Å². The second-order valence-corrected chi connectivity index (χ2v) is 9.85. The molecule has 7 heteroatoms. The maximum Gasteiger partial charge on any atom is 0.240 e. The van der Waals surface area contributed by atoms with Crippen LogP contribution in [0.2, 0.25) is 10.0 Å². The van der Waals surface area contributed by atoms with Gasteiger partial charge in [-0.3, -0.25) is 4.90 Å². The number of halogens is 2. The van der Waals surface area contributed by atoms with Gasteiger partial charge in [0.15, 0.2) is 0 Å². The van der Waals surface area contributed by atoms with Gasteiger partial charge < -0.3 is 0 Å². The molecule has 152 valence electrons. The predicted molar refractivity (Wildman–Crippen MR) is 116 cm³/mol. The second-order valence-electron chi connectivity index (χ2n) is 7.21. The minimum absolute atomic E-state index is 0.107. The maximum atomic E-state index is 12.3. The number of hydrogen-bond donors (Lipinski definition) is 1. The highest BCUT2D eigenvalue weighted by molar-refractivity contribution is 7.89. The van der Waals surface area contributed by atoms with Crippen LogP contribution in [0, 0.1) is 0 Å². The molecule has 0 atom stereocenters. The van der Waals surface area contributed by atoms with Gasteiger partial charge in [-0.25, -0.2) is 13.1 Å². The molecule has 0 radical (unpaired) electrons. The van der Waals surface area contributed by atoms with E-state index in [0.29, 0.717) is 16.6 Å². The molecule has 0 fully saturated rings. The quantitative estimate of drug-likeness (QED) is 0.564. The third kappa shape index (κ3) is 6.19. The third-order valence-corrected chi connectivity index (χ3v) is 6.93. The van der Waals surface area contributed by atoms with Crippen molar-refractivity contribution in [3.63, 3.8) is 0 Å². The van der Waals surface area contributed by atoms with E-state index in [1.54, 1.807) is 0 Å². The highest BCUT2D eigenvalue weighted by Crippen LogP contribution is 2.22. The van der Waals surface area contributed by atoms with Crippen LogP contribution < -0.4 is 4.72 Å². The van der Waals surface area contributed by atoms with Gasteiger partial charge in [0.1, 0.15) is 0 Å². The molecule has 0 aliphatic carbocycles. The van der Waals surface area contributed by atoms with E-state index in [1.165, 1.54) is 29.3 Å². The summed E-state index contributed by atoms with van der Waals surface area (Å²) in [6.07, 6.45) is 5.19. The molecule has 0 saturated heterocycles. The van der Waals surface area contributed by atoms with Crippen LogP contribution in [0.25, 0.3) is 0 Å². The Kier molecular flexibility index (Phi) is 7.77. The lowest BCUT2D eigenvalue weighted by Gasteiger charge is -2.28. The number of unbranched alkanes of at least 4 members (excludes halogenated alkanes) is 3. The first-order valence-electron chi connectivity index (χ1n) is 9.69. The van der Waals surface area contributed by atoms with Crippen molar-refractivity contribution in [2.75, 3.05) is 19.6 Å². The number of nitrogens with one attached hydrogen (secondary N) is 1. The fourth-order valence-corrected chi connectivity index (χ4v) is 5.33. The summed E-state index contributed by atoms with van der Waals surface area (Å²) in [5.41, 5.74) is 2.93. The fourth-order valence-electron chi connectivity index (χ4n) is 3.53. The largest absolute Gasteiger partial charge is 0.299 e. The van der Waals surface area contributed by atoms with Crippen LogP contribution in [0.3, 0.4) is 0 Å². The van der Waals surface area contributed by atoms with Crippen LogP contribution in [-0.2, 0) is 23.0 Å². The van der Waals surface area contributed by atoms with Gasteiger partial charge in [-0.1, -0.05) is 60.3 Å². The van der Waals surface area contributed by atoms with Crippen molar-refractivity contribution >= 4 is 33.2 Å². The summed E-state index contributed by atoms with van der Waals surface area (Å²) in [7, 11) is -3.57. The topological polar surface area (TPSA) is 49.4 Å². The van der Waals surface area contributed by atoms with Gasteiger partial charge >= 0.3 is 0 Å². The molecule has 1 aliphatic heterocycles. The summed E-state index contributed by atoms with van der Waals surface area (Å²) in [6.45, 7) is 3.68. The molecule has 0 unspecified atom stereocenters. The Balaban J connectivity index is 1.32. The molecular formula is C21H26Cl2N2O2S. The normalized spacial score (nSPS) is 14.8. The van der Waals surface area contributed by atoms with Gasteiger partial charge in [-0.05, 0) is 55.1 Å². The Morgan fingerprint density at radius 2 is 1.61 bits per heavy atom. The average Bonchev–Trinajstić information content (AvgIpc) is 2.66. The summed E-state index contributed by atoms with van der Waals surface area (Å²) in [4.78, 5) is 2.61. The number of hydrogen-bond acceptors (Lipinski definition) is 3. The van der Waals surface area contributed by atoms with E-state index < -0.39 is 10.0 Å². The first-order chi connectivity index (χ1) is 13.4. The Morgan fingerprint density at radius 1 is 0.929 bits per heavy atom. The zero-order chi connectivity index (χ0) is 20.0. The standard InChI is InChI=1S/C21H26Cl2N2O2S/c22-19-13-20(23)15-21(14-19)28(26,27)24-10-5-1-2-6-11-25-12-9-17-7-3-4-8-18(17)16-25/h3-4,7-8,13-15,24H,1-2,5-6,9-12,16H2. The lowest BCUT2D eigenvalue weighted by molar-refractivity contribution is 0.248. The summed E-state index contributed by atoms with van der Waals surface area (Å²) < 4.78 is 27.2. The smallest absolute Gasteiger partial charge is 0.240 e. The highest BCUT2D eigenvalue weighted by atomic mass is 35.5. The van der Waals surface area contributed by atoms with Crippen LogP contribution in [0.5, 0.6) is 0 Å². The summed E-state index contributed by atoms with van der Waals surface area (Å²) in [6, 6.07) is 13.0. The van der Waals surface area contributed by atoms with Crippen molar-refractivity contribution < 1.29 is 8.42 Å². The van der Waals surface area contributed by atoms with E-state index in [1.807, 2.05) is 0 Å². The fraction of sp³-hybridized carbons (Fsp3) is 0.429. The Bertz CT molecular complexity index is 883. The van der Waals surface area contributed by atoms with Crippen LogP contribution in [-0.4, -0.2) is 33.0 Å². The van der Waals surface area contributed by atoms with E-state index in [2.05, 4.69) is 33.9 Å². The SMILES string of the molecule is O=S(=O)(NCCCCCCN1CCc2ccccc2C1)c1cc(Cl)cc(Cl)c1. The molecule has 0 aromatic heterocycles. The summed E-state index contributed by atoms with van der Waals surface area (Å²) in [5, 5.41) is 0.626. The van der Waals surface area contributed by atoms with Crippen LogP contribution in [0.15, 0.2) is 47.4 Å². The second kappa shape index (κ2) is 10.1. The molecule has 0 amide bonds. The Hall–Kier alpha value is -1.11. The van der Waals surface area contributed by atoms with Crippen LogP contribution >= 0.6 is 23.2 Å². The molecule has 4 nitrogen and oxygen atoms in total. The van der Waals surface area contributed by atoms with E-state index in [0.717, 1.165) is 51.7 Å². The Morgan fingerprint density at radius 3 is 2.36 bits per heavy atom. The minimum atomic E-state index is -3.57. The molecule has 0 spiro atoms. The third-order valence-electron chi connectivity index (χ3n) is 5.05. The van der Waals surface area contributed by atoms with Gasteiger partial charge in [-0.15, -0.1) is 0 Å². The van der Waals surface area contributed by atoms with Gasteiger partial charge in [0, 0.05) is 29.7 Å². The van der Waals surface area contributed by atoms with Gasteiger partial charge in [0.25, 0.3) is 0 Å². The van der Waals surface area contributed by atoms with Crippen molar-refractivity contribution in [2.45, 2.75) is 43.5 Å². The van der Waals surface area contributed by atoms with Gasteiger partial charge in [-0.2, -0.15) is 0 Å². The zero-order valence-electron chi connectivity index (χ0n) is 15.8. The first kappa shape index (κ1) is 21.6. The number of benzene rings is 2. The molecule has 1 N–H and O–H groups in total. The monoisotopic (exact) mass is 440 g/mol. The summed E-state index contributed by atoms with van der Waals surface area (Å²) >= 11 is 11.8. The summed E-state index contributed by atoms with van der Waals surface area (Å²) in [5.74, 6) is 0. The minimum Gasteiger partial charge on any atom is -0.299 e. The molecule has 0 saturated carbocycles. The highest BCUT2D eigenvalue weighted by Gasteiger charge is 2.16. The van der Waals surface area contributed by atoms with E-state index in [4.69, 9.17) is 23.2 Å². The number of nitrogens with zero attached hydrogens (tertiary/aromatic N) is 1. The molecule has 0 bridgehead atoms. The molecule has 2 aromatic rings. The number of sulfonamides is 1. The number of fused-ring (bicyclic) bond motifs is 1. The maximum absolute atomic E-state index is 12.3. The van der Waals surface area contributed by atoms with E-state index >= 15 is 0 Å². The predicted octanol–water partition coefficient (Wildman–Crippen LogP) is 4.89. The molecule has 3 rings (SSSR count). The molecule has 1 aliphatic rings. The lowest BCUT2D eigenvalue weighted by Crippen LogP contribution is -2.31. The van der Waals surface area contributed by atoms with Crippen molar-refractivity contribution in [1.29, 1.82) is 0 Å². The van der Waals surface area contributed by atoms with Crippen molar-refractivity contribution in [1.82, 2.24) is 9.62 Å². The van der Waals surface area contributed by atoms with Crippen molar-refractivity contribution in [3.05, 3.63) is 63.6 Å². The zero-order valence-corrected chi connectivity index (χ0v) is 18.2. The van der Waals surface area contributed by atoms with Crippen molar-refractivity contribution in [3.8, 4) is 0 Å². The van der Waals surface area contributed by atoms with Gasteiger partial charge in [0.2, 0.25) is 10.0 Å². The van der Waals surface area contributed by atoms with Crippen molar-refractivity contribution in [2.24, 2.45) is 0 Å². The van der Waals surface area contributed by atoms with Gasteiger partial charge in [0.05, 0.1) is 4.90 Å². The molecule has 28 heavy (non-hydrogen) atoms.